The molecule has 16 heavy (non-hydrogen) atoms. The van der Waals surface area contributed by atoms with Crippen molar-refractivity contribution in [1.82, 2.24) is 10.6 Å². The first-order chi connectivity index (χ1) is 7.23. The van der Waals surface area contributed by atoms with Crippen LogP contribution in [0.4, 0.5) is 18.0 Å². The van der Waals surface area contributed by atoms with Gasteiger partial charge in [0.1, 0.15) is 0 Å². The number of rotatable bonds is 1. The van der Waals surface area contributed by atoms with E-state index in [0.717, 1.165) is 19.5 Å². The van der Waals surface area contributed by atoms with Gasteiger partial charge in [-0.15, -0.1) is 0 Å². The van der Waals surface area contributed by atoms with E-state index in [2.05, 4.69) is 10.6 Å². The molecule has 94 valence electrons. The quantitative estimate of drug-likeness (QED) is 0.505. The van der Waals surface area contributed by atoms with Gasteiger partial charge in [-0.3, -0.25) is 0 Å². The van der Waals surface area contributed by atoms with Crippen molar-refractivity contribution >= 4 is 12.0 Å². The number of hydrogen-bond donors (Lipinski definition) is 4. The van der Waals surface area contributed by atoms with Crippen LogP contribution < -0.4 is 16.4 Å². The Bertz CT molecular complexity index is 251. The van der Waals surface area contributed by atoms with Gasteiger partial charge in [0.2, 0.25) is 0 Å². The number of amides is 2. The monoisotopic (exact) mass is 243 g/mol. The average Bonchev–Trinajstić information content (AvgIpc) is 2.54. The Morgan fingerprint density at radius 2 is 1.94 bits per heavy atom. The zero-order chi connectivity index (χ0) is 12.8. The fraction of sp³-hybridized carbons (Fsp3) is 0.714. The fourth-order valence-corrected chi connectivity index (χ4v) is 0.979. The molecule has 2 amide bonds. The highest BCUT2D eigenvalue weighted by Crippen LogP contribution is 2.13. The van der Waals surface area contributed by atoms with Gasteiger partial charge in [-0.05, 0) is 13.0 Å². The van der Waals surface area contributed by atoms with E-state index in [1.165, 1.54) is 0 Å². The van der Waals surface area contributed by atoms with Crippen LogP contribution in [0.3, 0.4) is 0 Å². The van der Waals surface area contributed by atoms with Crippen LogP contribution in [0.2, 0.25) is 0 Å². The lowest BCUT2D eigenvalue weighted by atomic mass is 10.3. The van der Waals surface area contributed by atoms with Crippen LogP contribution in [-0.4, -0.2) is 42.4 Å². The molecule has 0 radical (unpaired) electrons. The van der Waals surface area contributed by atoms with E-state index >= 15 is 0 Å². The molecule has 1 aliphatic heterocycles. The molecule has 9 heteroatoms. The molecule has 0 bridgehead atoms. The zero-order valence-electron chi connectivity index (χ0n) is 8.17. The Labute approximate surface area is 89.0 Å². The van der Waals surface area contributed by atoms with Gasteiger partial charge in [0.15, 0.2) is 0 Å². The predicted molar refractivity (Wildman–Crippen MR) is 47.7 cm³/mol. The van der Waals surface area contributed by atoms with Crippen LogP contribution in [0.1, 0.15) is 6.42 Å². The molecular formula is C7H12F3N3O3. The summed E-state index contributed by atoms with van der Waals surface area (Å²) in [7, 11) is 0. The average molecular weight is 243 g/mol. The molecule has 1 rings (SSSR count). The Morgan fingerprint density at radius 1 is 1.44 bits per heavy atom. The van der Waals surface area contributed by atoms with Gasteiger partial charge in [0.25, 0.3) is 0 Å². The Balaban J connectivity index is 0.000000293. The first-order valence-electron chi connectivity index (χ1n) is 4.30. The minimum atomic E-state index is -5.08. The van der Waals surface area contributed by atoms with Crippen molar-refractivity contribution in [3.05, 3.63) is 0 Å². The van der Waals surface area contributed by atoms with Crippen molar-refractivity contribution in [3.8, 4) is 0 Å². The third-order valence-electron chi connectivity index (χ3n) is 1.65. The van der Waals surface area contributed by atoms with Crippen LogP contribution in [0.15, 0.2) is 0 Å². The number of carboxylic acids is 1. The second kappa shape index (κ2) is 6.16. The summed E-state index contributed by atoms with van der Waals surface area (Å²) in [5.74, 6) is -2.76. The van der Waals surface area contributed by atoms with Gasteiger partial charge >= 0.3 is 18.2 Å². The number of primary amides is 1. The summed E-state index contributed by atoms with van der Waals surface area (Å²) in [6.45, 7) is 1.83. The Kier molecular flexibility index (Phi) is 5.57. The number of aliphatic carboxylic acids is 1. The highest BCUT2D eigenvalue weighted by atomic mass is 19.4. The van der Waals surface area contributed by atoms with Crippen molar-refractivity contribution in [2.24, 2.45) is 5.73 Å². The van der Waals surface area contributed by atoms with Crippen molar-refractivity contribution in [2.45, 2.75) is 18.6 Å². The van der Waals surface area contributed by atoms with Gasteiger partial charge in [-0.1, -0.05) is 0 Å². The lowest BCUT2D eigenvalue weighted by Crippen LogP contribution is -2.39. The summed E-state index contributed by atoms with van der Waals surface area (Å²) in [4.78, 5) is 19.1. The molecule has 0 aromatic heterocycles. The normalized spacial score (nSPS) is 19.6. The number of carbonyl (C=O) groups excluding carboxylic acids is 1. The van der Waals surface area contributed by atoms with Gasteiger partial charge in [-0.25, -0.2) is 9.59 Å². The Morgan fingerprint density at radius 3 is 2.19 bits per heavy atom. The van der Waals surface area contributed by atoms with Crippen LogP contribution in [0, 0.1) is 0 Å². The van der Waals surface area contributed by atoms with Gasteiger partial charge in [0, 0.05) is 12.6 Å². The molecule has 1 saturated heterocycles. The minimum Gasteiger partial charge on any atom is -0.475 e. The maximum Gasteiger partial charge on any atom is 0.490 e. The molecule has 0 spiro atoms. The largest absolute Gasteiger partial charge is 0.490 e. The van der Waals surface area contributed by atoms with E-state index in [9.17, 15) is 18.0 Å². The Hall–Kier alpha value is -1.51. The van der Waals surface area contributed by atoms with E-state index in [4.69, 9.17) is 15.6 Å². The third-order valence-corrected chi connectivity index (χ3v) is 1.65. The van der Waals surface area contributed by atoms with Crippen molar-refractivity contribution < 1.29 is 27.9 Å². The number of nitrogens with two attached hydrogens (primary N) is 1. The number of carbonyl (C=O) groups is 2. The van der Waals surface area contributed by atoms with E-state index in [1.807, 2.05) is 0 Å². The smallest absolute Gasteiger partial charge is 0.475 e. The van der Waals surface area contributed by atoms with Crippen LogP contribution in [-0.2, 0) is 4.79 Å². The molecule has 0 aromatic rings. The first-order valence-corrected chi connectivity index (χ1v) is 4.30. The summed E-state index contributed by atoms with van der Waals surface area (Å²) in [6.07, 6.45) is -4.09. The number of alkyl halides is 3. The minimum absolute atomic E-state index is 0.252. The fourth-order valence-electron chi connectivity index (χ4n) is 0.979. The molecule has 0 aromatic carbocycles. The molecule has 6 nitrogen and oxygen atoms in total. The maximum atomic E-state index is 10.6. The van der Waals surface area contributed by atoms with Gasteiger partial charge in [-0.2, -0.15) is 13.2 Å². The summed E-state index contributed by atoms with van der Waals surface area (Å²) in [5.41, 5.74) is 4.89. The molecule has 1 aliphatic rings. The van der Waals surface area contributed by atoms with Crippen molar-refractivity contribution in [1.29, 1.82) is 0 Å². The second-order valence-electron chi connectivity index (χ2n) is 3.00. The lowest BCUT2D eigenvalue weighted by molar-refractivity contribution is -0.192. The van der Waals surface area contributed by atoms with E-state index in [0.29, 0.717) is 0 Å². The van der Waals surface area contributed by atoms with Crippen molar-refractivity contribution in [3.63, 3.8) is 0 Å². The molecule has 1 fully saturated rings. The van der Waals surface area contributed by atoms with E-state index < -0.39 is 18.2 Å². The SMILES string of the molecule is NC(=O)NC1CCNC1.O=C(O)C(F)(F)F. The molecule has 1 unspecified atom stereocenters. The number of carboxylic acid groups (broad SMARTS) is 1. The standard InChI is InChI=1S/C5H11N3O.C2HF3O2/c6-5(9)8-4-1-2-7-3-4;3-2(4,5)1(6)7/h4,7H,1-3H2,(H3,6,8,9);(H,6,7). The van der Waals surface area contributed by atoms with Crippen LogP contribution >= 0.6 is 0 Å². The highest BCUT2D eigenvalue weighted by Gasteiger charge is 2.38. The molecule has 0 aliphatic carbocycles. The third kappa shape index (κ3) is 6.87. The second-order valence-corrected chi connectivity index (χ2v) is 3.00. The number of urea groups is 1. The maximum absolute atomic E-state index is 10.6. The zero-order valence-corrected chi connectivity index (χ0v) is 8.17. The molecule has 1 heterocycles. The number of hydrogen-bond acceptors (Lipinski definition) is 3. The van der Waals surface area contributed by atoms with E-state index in [-0.39, 0.29) is 6.04 Å². The van der Waals surface area contributed by atoms with Crippen molar-refractivity contribution in [2.75, 3.05) is 13.1 Å². The lowest BCUT2D eigenvalue weighted by Gasteiger charge is -2.06. The summed E-state index contributed by atoms with van der Waals surface area (Å²) in [5, 5.41) is 12.9. The molecule has 1 atom stereocenters. The molecule has 5 N–H and O–H groups in total. The topological polar surface area (TPSA) is 104 Å². The van der Waals surface area contributed by atoms with Gasteiger partial charge < -0.3 is 21.5 Å². The summed E-state index contributed by atoms with van der Waals surface area (Å²) in [6, 6.07) is -0.175. The number of nitrogens with one attached hydrogen (secondary N) is 2. The molecule has 0 saturated carbocycles. The van der Waals surface area contributed by atoms with Gasteiger partial charge in [0.05, 0.1) is 0 Å². The predicted octanol–water partition coefficient (Wildman–Crippen LogP) is -0.350. The first kappa shape index (κ1) is 14.5. The van der Waals surface area contributed by atoms with Crippen LogP contribution in [0.5, 0.6) is 0 Å². The number of halogens is 3. The summed E-state index contributed by atoms with van der Waals surface area (Å²) < 4.78 is 31.7. The van der Waals surface area contributed by atoms with E-state index in [1.54, 1.807) is 0 Å². The molecular weight excluding hydrogens is 231 g/mol. The highest BCUT2D eigenvalue weighted by molar-refractivity contribution is 5.73. The van der Waals surface area contributed by atoms with Crippen LogP contribution in [0.25, 0.3) is 0 Å². The summed E-state index contributed by atoms with van der Waals surface area (Å²) >= 11 is 0.